The van der Waals surface area contributed by atoms with Crippen LogP contribution in [0.15, 0.2) is 12.2 Å². The SMILES string of the molecule is CC=CCOCC(CS)CCC. The van der Waals surface area contributed by atoms with E-state index >= 15 is 0 Å². The highest BCUT2D eigenvalue weighted by molar-refractivity contribution is 7.80. The van der Waals surface area contributed by atoms with Gasteiger partial charge in [-0.3, -0.25) is 0 Å². The Morgan fingerprint density at radius 1 is 1.50 bits per heavy atom. The van der Waals surface area contributed by atoms with Crippen LogP contribution in [0.4, 0.5) is 0 Å². The Labute approximate surface area is 81.6 Å². The van der Waals surface area contributed by atoms with Crippen LogP contribution in [-0.4, -0.2) is 19.0 Å². The summed E-state index contributed by atoms with van der Waals surface area (Å²) in [5.74, 6) is 1.56. The van der Waals surface area contributed by atoms with Crippen molar-refractivity contribution in [2.24, 2.45) is 5.92 Å². The van der Waals surface area contributed by atoms with Crippen LogP contribution in [0.2, 0.25) is 0 Å². The fourth-order valence-electron chi connectivity index (χ4n) is 1.03. The first-order valence-corrected chi connectivity index (χ1v) is 5.28. The fourth-order valence-corrected chi connectivity index (χ4v) is 1.32. The summed E-state index contributed by atoms with van der Waals surface area (Å²) < 4.78 is 5.44. The van der Waals surface area contributed by atoms with Gasteiger partial charge in [0.15, 0.2) is 0 Å². The second-order valence-corrected chi connectivity index (χ2v) is 3.31. The molecule has 0 amide bonds. The van der Waals surface area contributed by atoms with Crippen molar-refractivity contribution < 1.29 is 4.74 Å². The van der Waals surface area contributed by atoms with E-state index in [4.69, 9.17) is 4.74 Å². The minimum absolute atomic E-state index is 0.628. The molecule has 1 unspecified atom stereocenters. The average molecular weight is 188 g/mol. The van der Waals surface area contributed by atoms with E-state index in [0.29, 0.717) is 5.92 Å². The van der Waals surface area contributed by atoms with Crippen molar-refractivity contribution in [3.63, 3.8) is 0 Å². The van der Waals surface area contributed by atoms with Crippen molar-refractivity contribution in [1.82, 2.24) is 0 Å². The maximum absolute atomic E-state index is 5.44. The maximum Gasteiger partial charge on any atom is 0.0647 e. The van der Waals surface area contributed by atoms with E-state index in [-0.39, 0.29) is 0 Å². The van der Waals surface area contributed by atoms with E-state index in [2.05, 4.69) is 19.6 Å². The highest BCUT2D eigenvalue weighted by Gasteiger charge is 2.03. The summed E-state index contributed by atoms with van der Waals surface area (Å²) in [6.07, 6.45) is 6.48. The zero-order valence-electron chi connectivity index (χ0n) is 8.12. The molecule has 72 valence electrons. The number of rotatable bonds is 7. The van der Waals surface area contributed by atoms with Gasteiger partial charge in [0, 0.05) is 0 Å². The van der Waals surface area contributed by atoms with Crippen molar-refractivity contribution in [2.45, 2.75) is 26.7 Å². The Hall–Kier alpha value is 0.0500. The molecule has 0 fully saturated rings. The molecule has 0 spiro atoms. The van der Waals surface area contributed by atoms with E-state index in [9.17, 15) is 0 Å². The Morgan fingerprint density at radius 2 is 2.25 bits per heavy atom. The molecule has 0 aliphatic heterocycles. The molecule has 0 N–H and O–H groups in total. The minimum atomic E-state index is 0.628. The second kappa shape index (κ2) is 9.14. The summed E-state index contributed by atoms with van der Waals surface area (Å²) in [4.78, 5) is 0. The van der Waals surface area contributed by atoms with Gasteiger partial charge in [-0.15, -0.1) is 0 Å². The van der Waals surface area contributed by atoms with Gasteiger partial charge in [-0.1, -0.05) is 25.5 Å². The number of hydrogen-bond donors (Lipinski definition) is 1. The van der Waals surface area contributed by atoms with Gasteiger partial charge in [-0.2, -0.15) is 12.6 Å². The number of hydrogen-bond acceptors (Lipinski definition) is 2. The van der Waals surface area contributed by atoms with Gasteiger partial charge >= 0.3 is 0 Å². The second-order valence-electron chi connectivity index (χ2n) is 2.94. The largest absolute Gasteiger partial charge is 0.377 e. The first-order valence-electron chi connectivity index (χ1n) is 4.64. The highest BCUT2D eigenvalue weighted by Crippen LogP contribution is 2.08. The monoisotopic (exact) mass is 188 g/mol. The van der Waals surface area contributed by atoms with E-state index in [1.54, 1.807) is 0 Å². The third kappa shape index (κ3) is 6.74. The highest BCUT2D eigenvalue weighted by atomic mass is 32.1. The van der Waals surface area contributed by atoms with E-state index in [0.717, 1.165) is 19.0 Å². The lowest BCUT2D eigenvalue weighted by Crippen LogP contribution is -2.11. The summed E-state index contributed by atoms with van der Waals surface area (Å²) in [5.41, 5.74) is 0. The van der Waals surface area contributed by atoms with E-state index in [1.807, 2.05) is 19.1 Å². The van der Waals surface area contributed by atoms with Crippen LogP contribution in [0.5, 0.6) is 0 Å². The molecule has 0 aromatic heterocycles. The molecule has 2 heteroatoms. The van der Waals surface area contributed by atoms with Gasteiger partial charge in [0.25, 0.3) is 0 Å². The molecule has 0 saturated carbocycles. The molecule has 0 radical (unpaired) electrons. The first kappa shape index (κ1) is 12.0. The van der Waals surface area contributed by atoms with E-state index in [1.165, 1.54) is 12.8 Å². The number of allylic oxidation sites excluding steroid dienone is 1. The van der Waals surface area contributed by atoms with Crippen LogP contribution in [0.1, 0.15) is 26.7 Å². The zero-order chi connectivity index (χ0) is 9.23. The molecule has 0 heterocycles. The van der Waals surface area contributed by atoms with Crippen LogP contribution in [0.3, 0.4) is 0 Å². The number of ether oxygens (including phenoxy) is 1. The lowest BCUT2D eigenvalue weighted by atomic mass is 10.1. The molecule has 0 bridgehead atoms. The van der Waals surface area contributed by atoms with Gasteiger partial charge in [0.1, 0.15) is 0 Å². The maximum atomic E-state index is 5.44. The molecule has 0 aromatic rings. The van der Waals surface area contributed by atoms with Gasteiger partial charge < -0.3 is 4.74 Å². The molecule has 1 atom stereocenters. The van der Waals surface area contributed by atoms with Crippen LogP contribution in [0.25, 0.3) is 0 Å². The molecule has 0 saturated heterocycles. The third-order valence-electron chi connectivity index (χ3n) is 1.76. The Bertz CT molecular complexity index is 112. The molecule has 0 rings (SSSR count). The summed E-state index contributed by atoms with van der Waals surface area (Å²) in [5, 5.41) is 0. The minimum Gasteiger partial charge on any atom is -0.377 e. The van der Waals surface area contributed by atoms with Crippen molar-refractivity contribution in [3.05, 3.63) is 12.2 Å². The molecule has 0 aromatic carbocycles. The lowest BCUT2D eigenvalue weighted by Gasteiger charge is -2.12. The molecular formula is C10H20OS. The van der Waals surface area contributed by atoms with Gasteiger partial charge in [0.2, 0.25) is 0 Å². The normalized spacial score (nSPS) is 13.9. The standard InChI is InChI=1S/C10H20OS/c1-3-5-7-11-8-10(9-12)6-4-2/h3,5,10,12H,4,6-9H2,1-2H3. The van der Waals surface area contributed by atoms with Crippen molar-refractivity contribution in [1.29, 1.82) is 0 Å². The van der Waals surface area contributed by atoms with E-state index < -0.39 is 0 Å². The number of thiol groups is 1. The summed E-state index contributed by atoms with van der Waals surface area (Å²) >= 11 is 4.28. The zero-order valence-corrected chi connectivity index (χ0v) is 9.02. The van der Waals surface area contributed by atoms with Crippen LogP contribution >= 0.6 is 12.6 Å². The van der Waals surface area contributed by atoms with Crippen molar-refractivity contribution in [3.8, 4) is 0 Å². The van der Waals surface area contributed by atoms with Crippen LogP contribution in [-0.2, 0) is 4.74 Å². The predicted molar refractivity (Wildman–Crippen MR) is 57.9 cm³/mol. The van der Waals surface area contributed by atoms with Gasteiger partial charge in [-0.05, 0) is 25.0 Å². The third-order valence-corrected chi connectivity index (χ3v) is 2.27. The lowest BCUT2D eigenvalue weighted by molar-refractivity contribution is 0.127. The summed E-state index contributed by atoms with van der Waals surface area (Å²) in [6, 6.07) is 0. The van der Waals surface area contributed by atoms with Gasteiger partial charge in [0.05, 0.1) is 13.2 Å². The molecule has 1 nitrogen and oxygen atoms in total. The van der Waals surface area contributed by atoms with Crippen LogP contribution < -0.4 is 0 Å². The Kier molecular flexibility index (Phi) is 9.18. The average Bonchev–Trinajstić information content (AvgIpc) is 2.10. The van der Waals surface area contributed by atoms with Gasteiger partial charge in [-0.25, -0.2) is 0 Å². The smallest absolute Gasteiger partial charge is 0.0647 e. The quantitative estimate of drug-likeness (QED) is 0.367. The summed E-state index contributed by atoms with van der Waals surface area (Å²) in [7, 11) is 0. The topological polar surface area (TPSA) is 9.23 Å². The molecule has 0 aliphatic carbocycles. The van der Waals surface area contributed by atoms with Crippen LogP contribution in [0, 0.1) is 5.92 Å². The molecular weight excluding hydrogens is 168 g/mol. The molecule has 12 heavy (non-hydrogen) atoms. The fraction of sp³-hybridized carbons (Fsp3) is 0.800. The summed E-state index contributed by atoms with van der Waals surface area (Å²) in [6.45, 7) is 5.79. The molecule has 0 aliphatic rings. The van der Waals surface area contributed by atoms with Crippen molar-refractivity contribution >= 4 is 12.6 Å². The predicted octanol–water partition coefficient (Wildman–Crippen LogP) is 2.93. The van der Waals surface area contributed by atoms with Crippen molar-refractivity contribution in [2.75, 3.05) is 19.0 Å². The first-order chi connectivity index (χ1) is 5.85. The Morgan fingerprint density at radius 3 is 2.75 bits per heavy atom. The Balaban J connectivity index is 3.31.